The Kier molecular flexibility index (Phi) is 4.38. The van der Waals surface area contributed by atoms with Gasteiger partial charge < -0.3 is 5.11 Å². The molecule has 1 heterocycles. The second-order valence-corrected chi connectivity index (χ2v) is 4.40. The van der Waals surface area contributed by atoms with E-state index in [9.17, 15) is 18.0 Å². The monoisotopic (exact) mass is 269 g/mol. The van der Waals surface area contributed by atoms with Gasteiger partial charge in [-0.1, -0.05) is 12.1 Å². The fourth-order valence-electron chi connectivity index (χ4n) is 1.19. The van der Waals surface area contributed by atoms with Gasteiger partial charge in [-0.2, -0.15) is 24.9 Å². The largest absolute Gasteiger partial charge is 0.476 e. The van der Waals surface area contributed by atoms with E-state index in [-0.39, 0.29) is 6.54 Å². The van der Waals surface area contributed by atoms with Gasteiger partial charge in [0, 0.05) is 5.75 Å². The third-order valence-corrected chi connectivity index (χ3v) is 2.74. The number of carboxylic acid groups (broad SMARTS) is 1. The summed E-state index contributed by atoms with van der Waals surface area (Å²) >= 11 is 1.44. The van der Waals surface area contributed by atoms with Gasteiger partial charge in [-0.25, -0.2) is 9.48 Å². The topological polar surface area (TPSA) is 68.0 Å². The molecule has 1 rings (SSSR count). The molecule has 0 radical (unpaired) electrons. The van der Waals surface area contributed by atoms with E-state index in [1.165, 1.54) is 11.8 Å². The fraction of sp³-hybridized carbons (Fsp3) is 0.625. The fourth-order valence-corrected chi connectivity index (χ4v) is 1.78. The first-order valence-electron chi connectivity index (χ1n) is 4.69. The minimum atomic E-state index is -4.77. The first-order chi connectivity index (χ1) is 7.88. The second-order valence-electron chi connectivity index (χ2n) is 3.01. The summed E-state index contributed by atoms with van der Waals surface area (Å²) in [6.45, 7) is 1.85. The lowest BCUT2D eigenvalue weighted by Gasteiger charge is -2.09. The lowest BCUT2D eigenvalue weighted by molar-refractivity contribution is -0.144. The molecule has 1 aromatic heterocycles. The van der Waals surface area contributed by atoms with Crippen LogP contribution in [0, 0.1) is 0 Å². The highest BCUT2D eigenvalue weighted by molar-refractivity contribution is 7.99. The van der Waals surface area contributed by atoms with Crippen molar-refractivity contribution in [3.8, 4) is 0 Å². The molecule has 0 spiro atoms. The van der Waals surface area contributed by atoms with E-state index in [4.69, 9.17) is 5.11 Å². The highest BCUT2D eigenvalue weighted by atomic mass is 32.2. The summed E-state index contributed by atoms with van der Waals surface area (Å²) in [6.07, 6.45) is -4.77. The lowest BCUT2D eigenvalue weighted by Crippen LogP contribution is -2.19. The number of nitrogens with zero attached hydrogens (tertiary/aromatic N) is 3. The molecule has 0 fully saturated rings. The summed E-state index contributed by atoms with van der Waals surface area (Å²) in [5.41, 5.74) is -2.36. The van der Waals surface area contributed by atoms with Crippen molar-refractivity contribution in [2.75, 3.05) is 11.5 Å². The zero-order valence-electron chi connectivity index (χ0n) is 8.86. The van der Waals surface area contributed by atoms with Gasteiger partial charge in [0.05, 0.1) is 6.54 Å². The minimum Gasteiger partial charge on any atom is -0.476 e. The average Bonchev–Trinajstić information content (AvgIpc) is 2.61. The Morgan fingerprint density at radius 1 is 1.53 bits per heavy atom. The van der Waals surface area contributed by atoms with Gasteiger partial charge in [-0.05, 0) is 5.75 Å². The van der Waals surface area contributed by atoms with Crippen LogP contribution in [0.4, 0.5) is 13.2 Å². The van der Waals surface area contributed by atoms with Gasteiger partial charge in [-0.15, -0.1) is 5.10 Å². The van der Waals surface area contributed by atoms with Gasteiger partial charge in [0.25, 0.3) is 0 Å². The first kappa shape index (κ1) is 13.8. The highest BCUT2D eigenvalue weighted by Gasteiger charge is 2.41. The first-order valence-corrected chi connectivity index (χ1v) is 5.85. The zero-order chi connectivity index (χ0) is 13.1. The van der Waals surface area contributed by atoms with Crippen molar-refractivity contribution < 1.29 is 23.1 Å². The van der Waals surface area contributed by atoms with Gasteiger partial charge in [0.15, 0.2) is 5.69 Å². The number of carbonyl (C=O) groups is 1. The molecule has 0 atom stereocenters. The van der Waals surface area contributed by atoms with Crippen molar-refractivity contribution in [2.24, 2.45) is 0 Å². The molecular weight excluding hydrogens is 259 g/mol. The summed E-state index contributed by atoms with van der Waals surface area (Å²) in [7, 11) is 0. The number of hydrogen-bond acceptors (Lipinski definition) is 4. The van der Waals surface area contributed by atoms with Crippen molar-refractivity contribution >= 4 is 17.7 Å². The number of thioether (sulfide) groups is 1. The van der Waals surface area contributed by atoms with E-state index in [1.807, 2.05) is 6.92 Å². The predicted molar refractivity (Wildman–Crippen MR) is 55.0 cm³/mol. The highest BCUT2D eigenvalue weighted by Crippen LogP contribution is 2.31. The number of aromatic nitrogens is 3. The van der Waals surface area contributed by atoms with Crippen molar-refractivity contribution in [1.82, 2.24) is 15.0 Å². The summed E-state index contributed by atoms with van der Waals surface area (Å²) in [5.74, 6) is -0.546. The molecule has 0 aromatic carbocycles. The molecular formula is C8H10F3N3O2S. The van der Waals surface area contributed by atoms with Crippen LogP contribution in [0.1, 0.15) is 23.1 Å². The Balaban J connectivity index is 3.01. The molecule has 17 heavy (non-hydrogen) atoms. The molecule has 9 heteroatoms. The molecule has 0 aliphatic heterocycles. The standard InChI is InChI=1S/C8H10F3N3O2S/c1-2-17-4-3-14-6(8(9,10)11)5(7(15)16)12-13-14/h2-4H2,1H3,(H,15,16). The lowest BCUT2D eigenvalue weighted by atomic mass is 10.3. The van der Waals surface area contributed by atoms with Crippen LogP contribution in [0.5, 0.6) is 0 Å². The van der Waals surface area contributed by atoms with Crippen LogP contribution in [0.15, 0.2) is 0 Å². The van der Waals surface area contributed by atoms with E-state index in [0.29, 0.717) is 10.4 Å². The van der Waals surface area contributed by atoms with Crippen molar-refractivity contribution in [3.05, 3.63) is 11.4 Å². The number of aromatic carboxylic acids is 1. The molecule has 0 amide bonds. The van der Waals surface area contributed by atoms with E-state index in [2.05, 4.69) is 10.3 Å². The van der Waals surface area contributed by atoms with Gasteiger partial charge in [0.1, 0.15) is 0 Å². The van der Waals surface area contributed by atoms with Crippen molar-refractivity contribution in [1.29, 1.82) is 0 Å². The quantitative estimate of drug-likeness (QED) is 0.825. The Hall–Kier alpha value is -1.25. The molecule has 0 bridgehead atoms. The third-order valence-electron chi connectivity index (χ3n) is 1.86. The Labute approximate surface area is 99.0 Å². The zero-order valence-corrected chi connectivity index (χ0v) is 9.68. The van der Waals surface area contributed by atoms with Crippen LogP contribution in [0.25, 0.3) is 0 Å². The maximum Gasteiger partial charge on any atom is 0.435 e. The van der Waals surface area contributed by atoms with Crippen LogP contribution < -0.4 is 0 Å². The maximum atomic E-state index is 12.6. The molecule has 96 valence electrons. The van der Waals surface area contributed by atoms with Crippen LogP contribution in [0.3, 0.4) is 0 Å². The van der Waals surface area contributed by atoms with Gasteiger partial charge in [-0.3, -0.25) is 0 Å². The number of carboxylic acids is 1. The van der Waals surface area contributed by atoms with Gasteiger partial charge >= 0.3 is 12.1 Å². The van der Waals surface area contributed by atoms with Crippen LogP contribution in [-0.2, 0) is 12.7 Å². The molecule has 1 aromatic rings. The summed E-state index contributed by atoms with van der Waals surface area (Å²) in [4.78, 5) is 10.6. The number of rotatable bonds is 5. The second kappa shape index (κ2) is 5.39. The van der Waals surface area contributed by atoms with Crippen LogP contribution in [0.2, 0.25) is 0 Å². The number of aryl methyl sites for hydroxylation is 1. The third kappa shape index (κ3) is 3.35. The van der Waals surface area contributed by atoms with E-state index in [1.54, 1.807) is 0 Å². The predicted octanol–water partition coefficient (Wildman–Crippen LogP) is 1.75. The van der Waals surface area contributed by atoms with Crippen LogP contribution in [-0.4, -0.2) is 37.6 Å². The summed E-state index contributed by atoms with van der Waals surface area (Å²) < 4.78 is 38.5. The van der Waals surface area contributed by atoms with Gasteiger partial charge in [0.2, 0.25) is 5.69 Å². The molecule has 0 saturated carbocycles. The van der Waals surface area contributed by atoms with E-state index >= 15 is 0 Å². The van der Waals surface area contributed by atoms with Crippen LogP contribution >= 0.6 is 11.8 Å². The minimum absolute atomic E-state index is 0.0202. The molecule has 0 unspecified atom stereocenters. The smallest absolute Gasteiger partial charge is 0.435 e. The molecule has 1 N–H and O–H groups in total. The Morgan fingerprint density at radius 2 is 2.18 bits per heavy atom. The number of halogens is 3. The Morgan fingerprint density at radius 3 is 2.65 bits per heavy atom. The number of hydrogen-bond donors (Lipinski definition) is 1. The Bertz CT molecular complexity index is 405. The SMILES string of the molecule is CCSCCn1nnc(C(=O)O)c1C(F)(F)F. The van der Waals surface area contributed by atoms with Crippen molar-refractivity contribution in [2.45, 2.75) is 19.6 Å². The molecule has 5 nitrogen and oxygen atoms in total. The molecule has 0 saturated heterocycles. The molecule has 0 aliphatic rings. The summed E-state index contributed by atoms with van der Waals surface area (Å²) in [5, 5.41) is 14.9. The maximum absolute atomic E-state index is 12.6. The summed E-state index contributed by atoms with van der Waals surface area (Å²) in [6, 6.07) is 0. The normalized spacial score (nSPS) is 11.8. The van der Waals surface area contributed by atoms with Crippen molar-refractivity contribution in [3.63, 3.8) is 0 Å². The van der Waals surface area contributed by atoms with E-state index < -0.39 is 23.5 Å². The molecule has 0 aliphatic carbocycles. The van der Waals surface area contributed by atoms with E-state index in [0.717, 1.165) is 5.75 Å². The average molecular weight is 269 g/mol. The number of alkyl halides is 3.